The van der Waals surface area contributed by atoms with E-state index in [4.69, 9.17) is 19.4 Å². The fourth-order valence-corrected chi connectivity index (χ4v) is 12.3. The Hall–Kier alpha value is -9.97. The largest absolute Gasteiger partial charge is 0.455 e. The number of para-hydroxylation sites is 2. The van der Waals surface area contributed by atoms with Crippen LogP contribution < -0.4 is 0 Å². The van der Waals surface area contributed by atoms with Gasteiger partial charge in [0.1, 0.15) is 11.2 Å². The van der Waals surface area contributed by atoms with Crippen LogP contribution in [0.1, 0.15) is 22.6 Å². The minimum atomic E-state index is 0.00967. The molecule has 0 saturated carbocycles. The van der Waals surface area contributed by atoms with Gasteiger partial charge >= 0.3 is 0 Å². The highest BCUT2D eigenvalue weighted by Crippen LogP contribution is 2.49. The molecule has 1 aliphatic carbocycles. The van der Waals surface area contributed by atoms with Crippen molar-refractivity contribution in [2.45, 2.75) is 12.3 Å². The Labute approximate surface area is 437 Å². The molecule has 3 aromatic heterocycles. The van der Waals surface area contributed by atoms with Crippen LogP contribution in [0.2, 0.25) is 0 Å². The van der Waals surface area contributed by atoms with Crippen LogP contribution in [0.5, 0.6) is 0 Å². The van der Waals surface area contributed by atoms with Crippen LogP contribution in [-0.2, 0) is 6.42 Å². The molecule has 1 atom stereocenters. The van der Waals surface area contributed by atoms with E-state index in [1.54, 1.807) is 0 Å². The van der Waals surface area contributed by atoms with E-state index in [0.717, 1.165) is 89.1 Å². The van der Waals surface area contributed by atoms with Crippen molar-refractivity contribution < 1.29 is 4.42 Å². The van der Waals surface area contributed by atoms with Crippen LogP contribution in [0.3, 0.4) is 0 Å². The van der Waals surface area contributed by atoms with E-state index in [-0.39, 0.29) is 5.92 Å². The van der Waals surface area contributed by atoms with E-state index >= 15 is 0 Å². The molecule has 76 heavy (non-hydrogen) atoms. The molecule has 0 radical (unpaired) electrons. The number of aromatic nitrogens is 4. The first kappa shape index (κ1) is 42.5. The van der Waals surface area contributed by atoms with Gasteiger partial charge in [-0.1, -0.05) is 188 Å². The van der Waals surface area contributed by atoms with Crippen LogP contribution in [-0.4, -0.2) is 19.5 Å². The number of hydrogen-bond acceptors (Lipinski definition) is 4. The van der Waals surface area contributed by atoms with Crippen molar-refractivity contribution in [3.8, 4) is 62.1 Å². The Kier molecular flexibility index (Phi) is 9.39. The number of benzene rings is 12. The first-order chi connectivity index (χ1) is 37.6. The Morgan fingerprint density at radius 2 is 0.908 bits per heavy atom. The Morgan fingerprint density at radius 3 is 1.68 bits per heavy atom. The monoisotopic (exact) mass is 968 g/mol. The number of furan rings is 1. The lowest BCUT2D eigenvalue weighted by molar-refractivity contribution is 0.672. The summed E-state index contributed by atoms with van der Waals surface area (Å²) in [6.45, 7) is 0. The molecule has 0 saturated heterocycles. The molecule has 5 heteroatoms. The van der Waals surface area contributed by atoms with Crippen LogP contribution in [0, 0.1) is 0 Å². The molecule has 5 nitrogen and oxygen atoms in total. The summed E-state index contributed by atoms with van der Waals surface area (Å²) in [5.41, 5.74) is 16.2. The van der Waals surface area contributed by atoms with Crippen molar-refractivity contribution in [1.82, 2.24) is 19.5 Å². The smallest absolute Gasteiger partial charge is 0.167 e. The lowest BCUT2D eigenvalue weighted by Crippen LogP contribution is -2.13. The van der Waals surface area contributed by atoms with E-state index in [1.165, 1.54) is 54.7 Å². The molecule has 12 aromatic carbocycles. The number of fused-ring (bicyclic) bond motifs is 13. The maximum atomic E-state index is 7.23. The third-order valence-corrected chi connectivity index (χ3v) is 15.9. The van der Waals surface area contributed by atoms with Gasteiger partial charge in [0.15, 0.2) is 17.5 Å². The molecule has 354 valence electrons. The first-order valence-corrected chi connectivity index (χ1v) is 26.1. The number of rotatable bonds is 6. The van der Waals surface area contributed by atoms with Crippen molar-refractivity contribution in [2.24, 2.45) is 0 Å². The lowest BCUT2D eigenvalue weighted by atomic mass is 9.74. The Bertz CT molecular complexity index is 4840. The molecule has 0 N–H and O–H groups in total. The minimum Gasteiger partial charge on any atom is -0.455 e. The Morgan fingerprint density at radius 1 is 0.342 bits per heavy atom. The maximum absolute atomic E-state index is 7.23. The van der Waals surface area contributed by atoms with Gasteiger partial charge in [0, 0.05) is 49.7 Å². The molecule has 1 unspecified atom stereocenters. The van der Waals surface area contributed by atoms with Crippen molar-refractivity contribution in [1.29, 1.82) is 0 Å². The van der Waals surface area contributed by atoms with Crippen LogP contribution in [0.25, 0.3) is 138 Å². The average Bonchev–Trinajstić information content (AvgIpc) is 4.08. The molecule has 0 amide bonds. The fraction of sp³-hybridized carbons (Fsp3) is 0.0282. The predicted molar refractivity (Wildman–Crippen MR) is 313 cm³/mol. The first-order valence-electron chi connectivity index (χ1n) is 26.1. The lowest BCUT2D eigenvalue weighted by Gasteiger charge is -2.30. The van der Waals surface area contributed by atoms with Crippen LogP contribution in [0.15, 0.2) is 253 Å². The fourth-order valence-electron chi connectivity index (χ4n) is 12.3. The Balaban J connectivity index is 0.962. The summed E-state index contributed by atoms with van der Waals surface area (Å²) >= 11 is 0. The second-order valence-corrected chi connectivity index (χ2v) is 20.3. The van der Waals surface area contributed by atoms with Gasteiger partial charge in [0.25, 0.3) is 0 Å². The molecule has 16 rings (SSSR count). The molecule has 15 aromatic rings. The highest BCUT2D eigenvalue weighted by molar-refractivity contribution is 6.17. The highest BCUT2D eigenvalue weighted by atomic mass is 16.3. The van der Waals surface area contributed by atoms with Crippen molar-refractivity contribution in [3.63, 3.8) is 0 Å². The molecule has 0 bridgehead atoms. The number of hydrogen-bond donors (Lipinski definition) is 0. The summed E-state index contributed by atoms with van der Waals surface area (Å²) in [6, 6.07) is 89.7. The zero-order valence-corrected chi connectivity index (χ0v) is 41.2. The third-order valence-electron chi connectivity index (χ3n) is 15.9. The molecule has 0 aliphatic heterocycles. The third kappa shape index (κ3) is 6.76. The predicted octanol–water partition coefficient (Wildman–Crippen LogP) is 18.4. The van der Waals surface area contributed by atoms with Gasteiger partial charge in [-0.25, -0.2) is 15.0 Å². The summed E-state index contributed by atoms with van der Waals surface area (Å²) in [5.74, 6) is 1.72. The molecular weight excluding hydrogens is 925 g/mol. The minimum absolute atomic E-state index is 0.00967. The van der Waals surface area contributed by atoms with E-state index in [1.807, 2.05) is 0 Å². The van der Waals surface area contributed by atoms with Gasteiger partial charge in [-0.2, -0.15) is 0 Å². The van der Waals surface area contributed by atoms with Gasteiger partial charge in [-0.05, 0) is 133 Å². The van der Waals surface area contributed by atoms with E-state index in [9.17, 15) is 0 Å². The summed E-state index contributed by atoms with van der Waals surface area (Å²) in [6.07, 6.45) is 0.825. The maximum Gasteiger partial charge on any atom is 0.167 e. The topological polar surface area (TPSA) is 56.7 Å². The second kappa shape index (κ2) is 16.8. The summed E-state index contributed by atoms with van der Waals surface area (Å²) < 4.78 is 9.58. The van der Waals surface area contributed by atoms with E-state index in [2.05, 4.69) is 253 Å². The number of nitrogens with zero attached hydrogens (tertiary/aromatic N) is 4. The normalized spacial score (nSPS) is 13.3. The van der Waals surface area contributed by atoms with Crippen molar-refractivity contribution in [2.75, 3.05) is 0 Å². The molecular formula is C71H44N4O. The van der Waals surface area contributed by atoms with Gasteiger partial charge in [0.2, 0.25) is 0 Å². The van der Waals surface area contributed by atoms with Crippen molar-refractivity contribution in [3.05, 3.63) is 265 Å². The van der Waals surface area contributed by atoms with Gasteiger partial charge in [-0.3, -0.25) is 0 Å². The van der Waals surface area contributed by atoms with Gasteiger partial charge in [-0.15, -0.1) is 0 Å². The second-order valence-electron chi connectivity index (χ2n) is 20.3. The highest BCUT2D eigenvalue weighted by Gasteiger charge is 2.30. The van der Waals surface area contributed by atoms with Gasteiger partial charge < -0.3 is 8.98 Å². The van der Waals surface area contributed by atoms with E-state index < -0.39 is 0 Å². The molecule has 1 aliphatic rings. The van der Waals surface area contributed by atoms with E-state index in [0.29, 0.717) is 17.5 Å². The average molecular weight is 969 g/mol. The molecule has 3 heterocycles. The summed E-state index contributed by atoms with van der Waals surface area (Å²) in [5, 5.41) is 11.6. The SMILES string of the molecule is c1ccc(-c2ccc(-c3nc(-c4ccc5c6ccccc6n(-c6ccccc6)c5c4)nc(-c4cc(C5Cc6cc7ccccc7cc6-c6cc7ccccc7cc65)cc5c4oc4c6ccccc6ccc54)n3)cc2)cc1. The molecule has 0 fully saturated rings. The van der Waals surface area contributed by atoms with Crippen LogP contribution in [0.4, 0.5) is 0 Å². The zero-order valence-electron chi connectivity index (χ0n) is 41.2. The molecule has 0 spiro atoms. The zero-order chi connectivity index (χ0) is 49.8. The summed E-state index contributed by atoms with van der Waals surface area (Å²) in [7, 11) is 0. The van der Waals surface area contributed by atoms with Gasteiger partial charge in [0.05, 0.1) is 16.6 Å². The van der Waals surface area contributed by atoms with Crippen molar-refractivity contribution >= 4 is 76.1 Å². The summed E-state index contributed by atoms with van der Waals surface area (Å²) in [4.78, 5) is 16.4. The standard InChI is InChI=1S/C71H44N4O/c1-3-15-43(16-4-1)44-27-29-46(30-28-44)69-72-70(51-32-33-57-56-25-13-14-26-65(56)75(66(57)42-51)54-22-5-2-6-23-54)74-71(73-69)64-41-53(40-63-58-34-31-45-17-11-12-24-55(45)67(58)76-68(63)64)60-39-52-35-47-18-7-8-19-48(47)36-59(52)61-37-49-20-9-10-21-50(49)38-62(60)61/h1-38,40-42,60H,39H2. The quantitative estimate of drug-likeness (QED) is 0.167. The van der Waals surface area contributed by atoms with Crippen LogP contribution >= 0.6 is 0 Å².